The van der Waals surface area contributed by atoms with Crippen LogP contribution < -0.4 is 10.6 Å². The van der Waals surface area contributed by atoms with Crippen LogP contribution >= 0.6 is 0 Å². The summed E-state index contributed by atoms with van der Waals surface area (Å²) in [5.74, 6) is 0.828. The van der Waals surface area contributed by atoms with Gasteiger partial charge in [0.25, 0.3) is 0 Å². The molecular formula is C21H32N6. The predicted octanol–water partition coefficient (Wildman–Crippen LogP) is 2.64. The summed E-state index contributed by atoms with van der Waals surface area (Å²) < 4.78 is 2.01. The van der Waals surface area contributed by atoms with E-state index < -0.39 is 0 Å². The maximum absolute atomic E-state index is 4.63. The summed E-state index contributed by atoms with van der Waals surface area (Å²) in [4.78, 5) is 6.83. The van der Waals surface area contributed by atoms with Crippen molar-refractivity contribution in [3.63, 3.8) is 0 Å². The first-order valence-corrected chi connectivity index (χ1v) is 9.77. The van der Waals surface area contributed by atoms with E-state index in [9.17, 15) is 0 Å². The molecule has 0 spiro atoms. The topological polar surface area (TPSA) is 57.5 Å². The molecule has 1 aliphatic carbocycles. The molecule has 1 fully saturated rings. The summed E-state index contributed by atoms with van der Waals surface area (Å²) >= 11 is 0. The van der Waals surface area contributed by atoms with Crippen LogP contribution in [0.1, 0.15) is 36.7 Å². The van der Waals surface area contributed by atoms with Crippen LogP contribution in [-0.4, -0.2) is 53.4 Å². The molecule has 0 aliphatic heterocycles. The van der Waals surface area contributed by atoms with E-state index in [2.05, 4.69) is 76.9 Å². The lowest BCUT2D eigenvalue weighted by atomic mass is 10.1. The van der Waals surface area contributed by atoms with Crippen molar-refractivity contribution in [3.05, 3.63) is 47.3 Å². The zero-order valence-electron chi connectivity index (χ0n) is 17.2. The van der Waals surface area contributed by atoms with Crippen LogP contribution in [0.3, 0.4) is 0 Å². The molecule has 6 heteroatoms. The van der Waals surface area contributed by atoms with Crippen LogP contribution in [0.4, 0.5) is 0 Å². The number of hydrogen-bond acceptors (Lipinski definition) is 3. The smallest absolute Gasteiger partial charge is 0.191 e. The van der Waals surface area contributed by atoms with Crippen molar-refractivity contribution in [3.8, 4) is 5.69 Å². The third kappa shape index (κ3) is 4.89. The molecule has 1 aromatic heterocycles. The zero-order valence-corrected chi connectivity index (χ0v) is 17.2. The molecule has 1 aliphatic rings. The number of nitrogens with one attached hydrogen (secondary N) is 2. The molecular weight excluding hydrogens is 336 g/mol. The molecule has 2 aromatic rings. The maximum Gasteiger partial charge on any atom is 0.191 e. The molecule has 1 aromatic carbocycles. The lowest BCUT2D eigenvalue weighted by Gasteiger charge is -2.25. The lowest BCUT2D eigenvalue weighted by molar-refractivity contribution is 0.247. The monoisotopic (exact) mass is 368 g/mol. The summed E-state index contributed by atoms with van der Waals surface area (Å²) in [5.41, 5.74) is 4.46. The van der Waals surface area contributed by atoms with Gasteiger partial charge < -0.3 is 10.6 Å². The molecule has 0 saturated heterocycles. The van der Waals surface area contributed by atoms with E-state index >= 15 is 0 Å². The van der Waals surface area contributed by atoms with E-state index in [1.165, 1.54) is 18.4 Å². The van der Waals surface area contributed by atoms with Crippen LogP contribution in [0, 0.1) is 13.8 Å². The Bertz CT molecular complexity index is 790. The molecule has 0 amide bonds. The fraction of sp³-hybridized carbons (Fsp3) is 0.524. The number of aliphatic imine (C=N–C) groups is 1. The lowest BCUT2D eigenvalue weighted by Crippen LogP contribution is -2.45. The van der Waals surface area contributed by atoms with Gasteiger partial charge in [-0.3, -0.25) is 9.89 Å². The second-order valence-corrected chi connectivity index (χ2v) is 7.52. The second-order valence-electron chi connectivity index (χ2n) is 7.52. The summed E-state index contributed by atoms with van der Waals surface area (Å²) in [7, 11) is 4.03. The first-order chi connectivity index (χ1) is 13.0. The standard InChI is InChI=1S/C21H32N6/c1-15-12-16(2)27(25-15)20-9-7-6-8-18(20)14-24-21(22-4)23-13-17(3)26(5)19-10-11-19/h6-9,12,17,19H,10-11,13-14H2,1-5H3,(H2,22,23,24). The number of guanidine groups is 1. The molecule has 27 heavy (non-hydrogen) atoms. The average molecular weight is 369 g/mol. The van der Waals surface area contributed by atoms with E-state index in [1.807, 2.05) is 18.7 Å². The molecule has 1 saturated carbocycles. The van der Waals surface area contributed by atoms with Gasteiger partial charge in [0.05, 0.1) is 11.4 Å². The molecule has 6 nitrogen and oxygen atoms in total. The Kier molecular flexibility index (Phi) is 6.16. The van der Waals surface area contributed by atoms with E-state index in [4.69, 9.17) is 0 Å². The van der Waals surface area contributed by atoms with Crippen LogP contribution in [0.15, 0.2) is 35.3 Å². The number of likely N-dealkylation sites (N-methyl/N-ethyl adjacent to an activating group) is 1. The number of rotatable bonds is 7. The molecule has 1 unspecified atom stereocenters. The normalized spacial score (nSPS) is 15.9. The number of nitrogens with zero attached hydrogens (tertiary/aromatic N) is 4. The van der Waals surface area contributed by atoms with Gasteiger partial charge in [0.15, 0.2) is 5.96 Å². The number of aromatic nitrogens is 2. The van der Waals surface area contributed by atoms with Crippen molar-refractivity contribution >= 4 is 5.96 Å². The highest BCUT2D eigenvalue weighted by molar-refractivity contribution is 5.79. The van der Waals surface area contributed by atoms with Gasteiger partial charge in [-0.1, -0.05) is 18.2 Å². The molecule has 3 rings (SSSR count). The van der Waals surface area contributed by atoms with Gasteiger partial charge in [-0.25, -0.2) is 4.68 Å². The van der Waals surface area contributed by atoms with Crippen molar-refractivity contribution in [2.24, 2.45) is 4.99 Å². The Morgan fingerprint density at radius 3 is 2.67 bits per heavy atom. The first kappa shape index (κ1) is 19.4. The fourth-order valence-corrected chi connectivity index (χ4v) is 3.37. The minimum absolute atomic E-state index is 0.484. The quantitative estimate of drug-likeness (QED) is 0.583. The van der Waals surface area contributed by atoms with Crippen LogP contribution in [0.5, 0.6) is 0 Å². The number of benzene rings is 1. The van der Waals surface area contributed by atoms with Crippen LogP contribution in [0.25, 0.3) is 5.69 Å². The van der Waals surface area contributed by atoms with Gasteiger partial charge in [0.2, 0.25) is 0 Å². The van der Waals surface area contributed by atoms with Gasteiger partial charge in [-0.2, -0.15) is 5.10 Å². The number of hydrogen-bond donors (Lipinski definition) is 2. The number of aryl methyl sites for hydroxylation is 2. The van der Waals surface area contributed by atoms with Crippen LogP contribution in [0.2, 0.25) is 0 Å². The van der Waals surface area contributed by atoms with Crippen molar-refractivity contribution in [2.45, 2.75) is 52.2 Å². The summed E-state index contributed by atoms with van der Waals surface area (Å²) in [6.45, 7) is 7.95. The highest BCUT2D eigenvalue weighted by atomic mass is 15.3. The van der Waals surface area contributed by atoms with Crippen molar-refractivity contribution < 1.29 is 0 Å². The largest absolute Gasteiger partial charge is 0.355 e. The molecule has 2 N–H and O–H groups in total. The van der Waals surface area contributed by atoms with E-state index in [1.54, 1.807) is 0 Å². The summed E-state index contributed by atoms with van der Waals surface area (Å²) in [5, 5.41) is 11.5. The fourth-order valence-electron chi connectivity index (χ4n) is 3.37. The number of para-hydroxylation sites is 1. The Morgan fingerprint density at radius 1 is 1.30 bits per heavy atom. The zero-order chi connectivity index (χ0) is 19.4. The summed E-state index contributed by atoms with van der Waals surface area (Å²) in [6.07, 6.45) is 2.66. The Hall–Kier alpha value is -2.34. The Balaban J connectivity index is 1.61. The predicted molar refractivity (Wildman–Crippen MR) is 111 cm³/mol. The van der Waals surface area contributed by atoms with Crippen molar-refractivity contribution in [1.82, 2.24) is 25.3 Å². The molecule has 0 radical (unpaired) electrons. The van der Waals surface area contributed by atoms with Crippen molar-refractivity contribution in [2.75, 3.05) is 20.6 Å². The highest BCUT2D eigenvalue weighted by Gasteiger charge is 2.28. The minimum atomic E-state index is 0.484. The van der Waals surface area contributed by atoms with Crippen LogP contribution in [-0.2, 0) is 6.54 Å². The maximum atomic E-state index is 4.63. The third-order valence-corrected chi connectivity index (χ3v) is 5.28. The Labute approximate surface area is 162 Å². The molecule has 1 heterocycles. The molecule has 1 atom stereocenters. The minimum Gasteiger partial charge on any atom is -0.355 e. The Morgan fingerprint density at radius 2 is 2.04 bits per heavy atom. The first-order valence-electron chi connectivity index (χ1n) is 9.77. The van der Waals surface area contributed by atoms with Crippen molar-refractivity contribution in [1.29, 1.82) is 0 Å². The second kappa shape index (κ2) is 8.57. The third-order valence-electron chi connectivity index (χ3n) is 5.28. The summed E-state index contributed by atoms with van der Waals surface area (Å²) in [6, 6.07) is 11.7. The van der Waals surface area contributed by atoms with Gasteiger partial charge in [-0.05, 0) is 58.4 Å². The highest BCUT2D eigenvalue weighted by Crippen LogP contribution is 2.26. The van der Waals surface area contributed by atoms with Gasteiger partial charge >= 0.3 is 0 Å². The van der Waals surface area contributed by atoms with E-state index in [0.29, 0.717) is 12.6 Å². The van der Waals surface area contributed by atoms with Gasteiger partial charge in [-0.15, -0.1) is 0 Å². The average Bonchev–Trinajstić information content (AvgIpc) is 3.45. The molecule has 0 bridgehead atoms. The van der Waals surface area contributed by atoms with E-state index in [0.717, 1.165) is 35.6 Å². The SMILES string of the molecule is CN=C(NCc1ccccc1-n1nc(C)cc1C)NCC(C)N(C)C1CC1. The molecule has 146 valence electrons. The van der Waals surface area contributed by atoms with Gasteiger partial charge in [0, 0.05) is 37.9 Å². The van der Waals surface area contributed by atoms with E-state index in [-0.39, 0.29) is 0 Å². The van der Waals surface area contributed by atoms with Gasteiger partial charge in [0.1, 0.15) is 0 Å².